The first-order chi connectivity index (χ1) is 7.32. The van der Waals surface area contributed by atoms with Crippen LogP contribution >= 0.6 is 11.6 Å². The molecule has 16 heavy (non-hydrogen) atoms. The third-order valence-corrected chi connectivity index (χ3v) is 3.22. The van der Waals surface area contributed by atoms with E-state index in [0.29, 0.717) is 18.2 Å². The largest absolute Gasteiger partial charge is 0.310 e. The molecule has 0 aromatic heterocycles. The van der Waals surface area contributed by atoms with Gasteiger partial charge in [0.25, 0.3) is 0 Å². The number of hydrogen-bond donors (Lipinski definition) is 1. The lowest BCUT2D eigenvalue weighted by atomic mass is 9.88. The minimum Gasteiger partial charge on any atom is -0.310 e. The highest BCUT2D eigenvalue weighted by Gasteiger charge is 2.19. The van der Waals surface area contributed by atoms with Crippen molar-refractivity contribution in [3.8, 4) is 0 Å². The molecule has 90 valence electrons. The molecule has 1 unspecified atom stereocenters. The Morgan fingerprint density at radius 3 is 2.56 bits per heavy atom. The van der Waals surface area contributed by atoms with Crippen molar-refractivity contribution in [1.29, 1.82) is 0 Å². The van der Waals surface area contributed by atoms with Crippen molar-refractivity contribution < 1.29 is 4.39 Å². The Labute approximate surface area is 102 Å². The molecule has 1 aromatic carbocycles. The highest BCUT2D eigenvalue weighted by Crippen LogP contribution is 2.21. The molecule has 1 rings (SSSR count). The zero-order chi connectivity index (χ0) is 12.3. The quantitative estimate of drug-likeness (QED) is 0.846. The Morgan fingerprint density at radius 2 is 2.00 bits per heavy atom. The van der Waals surface area contributed by atoms with Gasteiger partial charge in [-0.25, -0.2) is 4.39 Å². The number of rotatable bonds is 3. The van der Waals surface area contributed by atoms with Crippen LogP contribution in [0.25, 0.3) is 0 Å². The van der Waals surface area contributed by atoms with E-state index in [1.165, 1.54) is 0 Å². The fourth-order valence-electron chi connectivity index (χ4n) is 1.25. The van der Waals surface area contributed by atoms with E-state index in [2.05, 4.69) is 33.0 Å². The standard InChI is InChI=1S/C13H19ClFN/c1-9(13(2,3)4)16-8-10-6-5-7-11(14)12(10)15/h5-7,9,16H,8H2,1-4H3. The molecule has 0 fully saturated rings. The molecule has 0 aliphatic heterocycles. The van der Waals surface area contributed by atoms with Crippen LogP contribution in [0, 0.1) is 11.2 Å². The molecule has 0 amide bonds. The summed E-state index contributed by atoms with van der Waals surface area (Å²) in [7, 11) is 0. The topological polar surface area (TPSA) is 12.0 Å². The van der Waals surface area contributed by atoms with Crippen LogP contribution in [0.5, 0.6) is 0 Å². The first kappa shape index (κ1) is 13.5. The molecule has 0 bridgehead atoms. The number of hydrogen-bond acceptors (Lipinski definition) is 1. The van der Waals surface area contributed by atoms with Gasteiger partial charge in [-0.1, -0.05) is 44.5 Å². The molecule has 3 heteroatoms. The monoisotopic (exact) mass is 243 g/mol. The van der Waals surface area contributed by atoms with Crippen molar-refractivity contribution in [3.05, 3.63) is 34.6 Å². The Bertz CT molecular complexity index is 357. The van der Waals surface area contributed by atoms with Crippen LogP contribution in [0.1, 0.15) is 33.3 Å². The molecule has 0 aliphatic carbocycles. The van der Waals surface area contributed by atoms with Crippen molar-refractivity contribution in [3.63, 3.8) is 0 Å². The summed E-state index contributed by atoms with van der Waals surface area (Å²) >= 11 is 5.72. The maximum absolute atomic E-state index is 13.6. The normalized spacial score (nSPS) is 13.9. The van der Waals surface area contributed by atoms with Gasteiger partial charge in [-0.2, -0.15) is 0 Å². The first-order valence-corrected chi connectivity index (χ1v) is 5.86. The second-order valence-corrected chi connectivity index (χ2v) is 5.59. The van der Waals surface area contributed by atoms with E-state index < -0.39 is 0 Å². The summed E-state index contributed by atoms with van der Waals surface area (Å²) in [5.74, 6) is -0.322. The fourth-order valence-corrected chi connectivity index (χ4v) is 1.45. The molecule has 1 atom stereocenters. The summed E-state index contributed by atoms with van der Waals surface area (Å²) in [5, 5.41) is 3.49. The van der Waals surface area contributed by atoms with Gasteiger partial charge < -0.3 is 5.32 Å². The van der Waals surface area contributed by atoms with Crippen LogP contribution in [-0.4, -0.2) is 6.04 Å². The highest BCUT2D eigenvalue weighted by atomic mass is 35.5. The van der Waals surface area contributed by atoms with E-state index in [1.807, 2.05) is 0 Å². The van der Waals surface area contributed by atoms with Gasteiger partial charge in [-0.3, -0.25) is 0 Å². The van der Waals surface area contributed by atoms with E-state index in [-0.39, 0.29) is 16.3 Å². The van der Waals surface area contributed by atoms with Gasteiger partial charge in [0.1, 0.15) is 5.82 Å². The van der Waals surface area contributed by atoms with Gasteiger partial charge in [-0.05, 0) is 18.4 Å². The van der Waals surface area contributed by atoms with Gasteiger partial charge in [0.2, 0.25) is 0 Å². The Balaban J connectivity index is 2.65. The maximum atomic E-state index is 13.6. The molecule has 0 aliphatic rings. The van der Waals surface area contributed by atoms with Crippen LogP contribution in [0.15, 0.2) is 18.2 Å². The van der Waals surface area contributed by atoms with E-state index in [4.69, 9.17) is 11.6 Å². The maximum Gasteiger partial charge on any atom is 0.146 e. The average molecular weight is 244 g/mol. The van der Waals surface area contributed by atoms with Crippen molar-refractivity contribution >= 4 is 11.6 Å². The molecule has 0 spiro atoms. The lowest BCUT2D eigenvalue weighted by Gasteiger charge is -2.28. The SMILES string of the molecule is CC(NCc1cccc(Cl)c1F)C(C)(C)C. The molecule has 1 aromatic rings. The molecule has 0 saturated heterocycles. The minimum absolute atomic E-state index is 0.162. The van der Waals surface area contributed by atoms with Gasteiger partial charge in [0, 0.05) is 18.2 Å². The molecule has 0 saturated carbocycles. The third kappa shape index (κ3) is 3.46. The van der Waals surface area contributed by atoms with E-state index in [1.54, 1.807) is 18.2 Å². The number of nitrogens with one attached hydrogen (secondary N) is 1. The second kappa shape index (κ2) is 5.15. The summed E-state index contributed by atoms with van der Waals surface area (Å²) in [6.45, 7) is 9.06. The summed E-state index contributed by atoms with van der Waals surface area (Å²) in [6.07, 6.45) is 0. The molecule has 1 nitrogen and oxygen atoms in total. The summed E-state index contributed by atoms with van der Waals surface area (Å²) in [6, 6.07) is 5.40. The van der Waals surface area contributed by atoms with Crippen LogP contribution in [0.2, 0.25) is 5.02 Å². The first-order valence-electron chi connectivity index (χ1n) is 5.48. The van der Waals surface area contributed by atoms with Crippen molar-refractivity contribution in [2.45, 2.75) is 40.3 Å². The second-order valence-electron chi connectivity index (χ2n) is 5.18. The van der Waals surface area contributed by atoms with E-state index in [9.17, 15) is 4.39 Å². The summed E-state index contributed by atoms with van der Waals surface area (Å²) in [4.78, 5) is 0. The molecule has 0 radical (unpaired) electrons. The van der Waals surface area contributed by atoms with Gasteiger partial charge >= 0.3 is 0 Å². The van der Waals surface area contributed by atoms with Crippen LogP contribution < -0.4 is 5.32 Å². The lowest BCUT2D eigenvalue weighted by molar-refractivity contribution is 0.284. The molecular formula is C13H19ClFN. The zero-order valence-corrected chi connectivity index (χ0v) is 11.0. The smallest absolute Gasteiger partial charge is 0.146 e. The van der Waals surface area contributed by atoms with E-state index >= 15 is 0 Å². The highest BCUT2D eigenvalue weighted by molar-refractivity contribution is 6.30. The zero-order valence-electron chi connectivity index (χ0n) is 10.3. The lowest BCUT2D eigenvalue weighted by Crippen LogP contribution is -2.37. The predicted molar refractivity (Wildman–Crippen MR) is 67.2 cm³/mol. The average Bonchev–Trinajstić information content (AvgIpc) is 2.18. The van der Waals surface area contributed by atoms with Crippen molar-refractivity contribution in [2.75, 3.05) is 0 Å². The third-order valence-electron chi connectivity index (χ3n) is 2.93. The molecule has 1 N–H and O–H groups in total. The summed E-state index contributed by atoms with van der Waals surface area (Å²) < 4.78 is 13.6. The Kier molecular flexibility index (Phi) is 4.34. The van der Waals surface area contributed by atoms with Crippen LogP contribution in [-0.2, 0) is 6.54 Å². The molecule has 0 heterocycles. The van der Waals surface area contributed by atoms with Crippen molar-refractivity contribution in [1.82, 2.24) is 5.32 Å². The van der Waals surface area contributed by atoms with Crippen LogP contribution in [0.4, 0.5) is 4.39 Å². The van der Waals surface area contributed by atoms with E-state index in [0.717, 1.165) is 0 Å². The minimum atomic E-state index is -0.322. The van der Waals surface area contributed by atoms with Gasteiger partial charge in [0.15, 0.2) is 0 Å². The number of halogens is 2. The van der Waals surface area contributed by atoms with Gasteiger partial charge in [0.05, 0.1) is 5.02 Å². The number of benzene rings is 1. The van der Waals surface area contributed by atoms with Crippen LogP contribution in [0.3, 0.4) is 0 Å². The summed E-state index contributed by atoms with van der Waals surface area (Å²) in [5.41, 5.74) is 0.776. The predicted octanol–water partition coefficient (Wildman–Crippen LogP) is 4.00. The Morgan fingerprint density at radius 1 is 1.38 bits per heavy atom. The van der Waals surface area contributed by atoms with Gasteiger partial charge in [-0.15, -0.1) is 0 Å². The van der Waals surface area contributed by atoms with Crippen molar-refractivity contribution in [2.24, 2.45) is 5.41 Å². The Hall–Kier alpha value is -0.600. The fraction of sp³-hybridized carbons (Fsp3) is 0.538. The molecular weight excluding hydrogens is 225 g/mol.